The van der Waals surface area contributed by atoms with Crippen LogP contribution in [-0.2, 0) is 21.7 Å². The first-order chi connectivity index (χ1) is 14.9. The highest BCUT2D eigenvalue weighted by atomic mass is 35.5. The number of halogens is 2. The van der Waals surface area contributed by atoms with Gasteiger partial charge in [0.05, 0.1) is 20.8 Å². The average Bonchev–Trinajstić information content (AvgIpc) is 3.32. The van der Waals surface area contributed by atoms with Crippen molar-refractivity contribution >= 4 is 28.5 Å². The second kappa shape index (κ2) is 8.49. The molecule has 2 aromatic carbocycles. The van der Waals surface area contributed by atoms with Crippen LogP contribution in [0.15, 0.2) is 47.9 Å². The van der Waals surface area contributed by atoms with E-state index < -0.39 is 17.5 Å². The van der Waals surface area contributed by atoms with Crippen LogP contribution < -0.4 is 9.47 Å². The molecule has 31 heavy (non-hydrogen) atoms. The van der Waals surface area contributed by atoms with Gasteiger partial charge in [0.15, 0.2) is 10.3 Å². The molecule has 1 fully saturated rings. The Bertz CT molecular complexity index is 1140. The van der Waals surface area contributed by atoms with Gasteiger partial charge in [-0.05, 0) is 42.1 Å². The van der Waals surface area contributed by atoms with Crippen LogP contribution in [0, 0.1) is 5.82 Å². The number of hydrogen-bond acceptors (Lipinski definition) is 7. The van der Waals surface area contributed by atoms with Crippen LogP contribution in [0.3, 0.4) is 0 Å². The molecule has 0 N–H and O–H groups in total. The fraction of sp³-hybridized carbons (Fsp3) is 0.286. The van der Waals surface area contributed by atoms with Gasteiger partial charge in [0.25, 0.3) is 0 Å². The zero-order chi connectivity index (χ0) is 22.2. The molecule has 1 aliphatic rings. The molecule has 0 aliphatic carbocycles. The van der Waals surface area contributed by atoms with Crippen molar-refractivity contribution in [3.05, 3.63) is 64.7 Å². The number of benzene rings is 2. The average molecular weight is 464 g/mol. The molecule has 0 radical (unpaired) electrons. The third-order valence-electron chi connectivity index (χ3n) is 5.00. The molecule has 2 unspecified atom stereocenters. The van der Waals surface area contributed by atoms with E-state index in [1.807, 2.05) is 6.07 Å². The lowest BCUT2D eigenvalue weighted by Gasteiger charge is -2.17. The minimum atomic E-state index is -1.11. The Labute approximate surface area is 187 Å². The van der Waals surface area contributed by atoms with Gasteiger partial charge in [-0.3, -0.25) is 4.79 Å². The normalized spacial score (nSPS) is 19.8. The topological polar surface area (TPSA) is 78.8 Å². The van der Waals surface area contributed by atoms with Crippen molar-refractivity contribution in [1.29, 1.82) is 0 Å². The van der Waals surface area contributed by atoms with Crippen LogP contribution in [0.1, 0.15) is 24.2 Å². The number of rotatable bonds is 7. The Morgan fingerprint density at radius 2 is 2.10 bits per heavy atom. The Morgan fingerprint density at radius 3 is 2.81 bits per heavy atom. The second-order valence-corrected chi connectivity index (χ2v) is 8.49. The molecule has 1 aliphatic heterocycles. The van der Waals surface area contributed by atoms with Crippen LogP contribution in [0.4, 0.5) is 4.39 Å². The van der Waals surface area contributed by atoms with Crippen molar-refractivity contribution in [2.24, 2.45) is 0 Å². The number of aromatic nitrogens is 3. The molecular formula is C21H19ClFN3O4S. The maximum Gasteiger partial charge on any atom is 0.193 e. The molecule has 0 bridgehead atoms. The highest BCUT2D eigenvalue weighted by molar-refractivity contribution is 8.13. The van der Waals surface area contributed by atoms with E-state index in [0.29, 0.717) is 21.7 Å². The summed E-state index contributed by atoms with van der Waals surface area (Å²) in [5.41, 5.74) is -0.0999. The summed E-state index contributed by atoms with van der Waals surface area (Å²) in [6.07, 6.45) is 0.805. The molecule has 4 rings (SSSR count). The highest BCUT2D eigenvalue weighted by Crippen LogP contribution is 2.60. The van der Waals surface area contributed by atoms with Crippen molar-refractivity contribution < 1.29 is 23.4 Å². The SMILES string of the molecule is COc1ccc(C2OC2(Cn2ncnc2SC(C)=O)c2cc(Cl)ccc2F)c(OC)c1. The molecule has 2 heterocycles. The van der Waals surface area contributed by atoms with E-state index in [1.54, 1.807) is 32.4 Å². The van der Waals surface area contributed by atoms with Gasteiger partial charge in [-0.25, -0.2) is 14.1 Å². The highest BCUT2D eigenvalue weighted by Gasteiger charge is 2.61. The third-order valence-corrected chi connectivity index (χ3v) is 6.02. The maximum atomic E-state index is 14.9. The molecule has 0 saturated carbocycles. The smallest absolute Gasteiger partial charge is 0.193 e. The van der Waals surface area contributed by atoms with Gasteiger partial charge in [0, 0.05) is 29.1 Å². The Kier molecular flexibility index (Phi) is 5.92. The number of epoxide rings is 1. The van der Waals surface area contributed by atoms with Crippen molar-refractivity contribution in [3.8, 4) is 11.5 Å². The number of methoxy groups -OCH3 is 2. The number of carbonyl (C=O) groups is 1. The van der Waals surface area contributed by atoms with E-state index in [1.165, 1.54) is 30.1 Å². The summed E-state index contributed by atoms with van der Waals surface area (Å²) in [6.45, 7) is 1.56. The molecule has 7 nitrogen and oxygen atoms in total. The number of nitrogens with zero attached hydrogens (tertiary/aromatic N) is 3. The predicted octanol–water partition coefficient (Wildman–Crippen LogP) is 4.39. The van der Waals surface area contributed by atoms with Crippen LogP contribution in [0.2, 0.25) is 5.02 Å². The van der Waals surface area contributed by atoms with E-state index >= 15 is 0 Å². The van der Waals surface area contributed by atoms with Crippen LogP contribution in [-0.4, -0.2) is 34.1 Å². The molecule has 1 saturated heterocycles. The number of carbonyl (C=O) groups excluding carboxylic acids is 1. The molecule has 1 aromatic heterocycles. The van der Waals surface area contributed by atoms with E-state index in [9.17, 15) is 9.18 Å². The lowest BCUT2D eigenvalue weighted by molar-refractivity contribution is -0.109. The summed E-state index contributed by atoms with van der Waals surface area (Å²) in [4.78, 5) is 15.7. The summed E-state index contributed by atoms with van der Waals surface area (Å²) in [5.74, 6) is 0.711. The Morgan fingerprint density at radius 1 is 1.29 bits per heavy atom. The van der Waals surface area contributed by atoms with E-state index in [0.717, 1.165) is 17.3 Å². The summed E-state index contributed by atoms with van der Waals surface area (Å²) in [5, 5.41) is 4.85. The largest absolute Gasteiger partial charge is 0.497 e. The zero-order valence-electron chi connectivity index (χ0n) is 17.0. The Balaban J connectivity index is 1.79. The van der Waals surface area contributed by atoms with E-state index in [-0.39, 0.29) is 17.2 Å². The van der Waals surface area contributed by atoms with Gasteiger partial charge < -0.3 is 14.2 Å². The molecule has 2 atom stereocenters. The lowest BCUT2D eigenvalue weighted by atomic mass is 9.90. The van der Waals surface area contributed by atoms with E-state index in [2.05, 4.69) is 10.1 Å². The molecular weight excluding hydrogens is 445 g/mol. The molecule has 0 spiro atoms. The summed E-state index contributed by atoms with van der Waals surface area (Å²) in [7, 11) is 3.11. The number of hydrogen-bond donors (Lipinski definition) is 0. The van der Waals surface area contributed by atoms with Crippen molar-refractivity contribution in [2.45, 2.75) is 30.3 Å². The van der Waals surface area contributed by atoms with Gasteiger partial charge in [-0.2, -0.15) is 5.10 Å². The summed E-state index contributed by atoms with van der Waals surface area (Å²) >= 11 is 7.12. The molecule has 10 heteroatoms. The summed E-state index contributed by atoms with van der Waals surface area (Å²) < 4.78 is 33.4. The second-order valence-electron chi connectivity index (χ2n) is 6.91. The predicted molar refractivity (Wildman–Crippen MR) is 113 cm³/mol. The molecule has 0 amide bonds. The van der Waals surface area contributed by atoms with Gasteiger partial charge >= 0.3 is 0 Å². The fourth-order valence-corrected chi connectivity index (χ4v) is 4.30. The monoisotopic (exact) mass is 463 g/mol. The van der Waals surface area contributed by atoms with Gasteiger partial charge in [-0.1, -0.05) is 11.6 Å². The van der Waals surface area contributed by atoms with Crippen LogP contribution in [0.5, 0.6) is 11.5 Å². The van der Waals surface area contributed by atoms with Gasteiger partial charge in [0.1, 0.15) is 35.3 Å². The first-order valence-electron chi connectivity index (χ1n) is 9.29. The quantitative estimate of drug-likeness (QED) is 0.379. The fourth-order valence-electron chi connectivity index (χ4n) is 3.55. The van der Waals surface area contributed by atoms with Gasteiger partial charge in [-0.15, -0.1) is 0 Å². The first kappa shape index (κ1) is 21.6. The Hall–Kier alpha value is -2.62. The van der Waals surface area contributed by atoms with Crippen molar-refractivity contribution in [2.75, 3.05) is 14.2 Å². The number of thioether (sulfide) groups is 1. The summed E-state index contributed by atoms with van der Waals surface area (Å²) in [6, 6.07) is 9.66. The van der Waals surface area contributed by atoms with Gasteiger partial charge in [0.2, 0.25) is 0 Å². The van der Waals surface area contributed by atoms with Crippen molar-refractivity contribution in [3.63, 3.8) is 0 Å². The third kappa shape index (κ3) is 4.13. The molecule has 162 valence electrons. The van der Waals surface area contributed by atoms with Crippen molar-refractivity contribution in [1.82, 2.24) is 14.8 Å². The minimum Gasteiger partial charge on any atom is -0.497 e. The maximum absolute atomic E-state index is 14.9. The van der Waals surface area contributed by atoms with Crippen LogP contribution >= 0.6 is 23.4 Å². The zero-order valence-corrected chi connectivity index (χ0v) is 18.5. The molecule has 3 aromatic rings. The van der Waals surface area contributed by atoms with Crippen LogP contribution in [0.25, 0.3) is 0 Å². The minimum absolute atomic E-state index is 0.125. The first-order valence-corrected chi connectivity index (χ1v) is 10.5. The lowest BCUT2D eigenvalue weighted by Crippen LogP contribution is -2.22. The standard InChI is InChI=1S/C21H19ClFN3O4S/c1-12(27)31-20-24-11-25-26(20)10-21(16-8-13(22)4-7-17(16)23)19(30-21)15-6-5-14(28-2)9-18(15)29-3/h4-9,11,19H,10H2,1-3H3. The van der Waals surface area contributed by atoms with E-state index in [4.69, 9.17) is 25.8 Å². The number of ether oxygens (including phenoxy) is 3.